The minimum atomic E-state index is -0.795. The summed E-state index contributed by atoms with van der Waals surface area (Å²) in [5.41, 5.74) is 6.11. The maximum atomic E-state index is 13.4. The van der Waals surface area contributed by atoms with Crippen molar-refractivity contribution < 1.29 is 17.6 Å². The highest BCUT2D eigenvalue weighted by molar-refractivity contribution is 5.64. The highest BCUT2D eigenvalue weighted by Crippen LogP contribution is 2.39. The van der Waals surface area contributed by atoms with Gasteiger partial charge < -0.3 is 0 Å². The molecule has 0 heterocycles. The van der Waals surface area contributed by atoms with E-state index >= 15 is 0 Å². The molecular formula is C46H56F4. The van der Waals surface area contributed by atoms with Crippen molar-refractivity contribution in [3.05, 3.63) is 119 Å². The molecule has 4 heteroatoms. The summed E-state index contributed by atoms with van der Waals surface area (Å²) in [6.45, 7) is 4.53. The summed E-state index contributed by atoms with van der Waals surface area (Å²) in [6.07, 6.45) is 21.4. The van der Waals surface area contributed by atoms with E-state index in [-0.39, 0.29) is 0 Å². The van der Waals surface area contributed by atoms with Crippen LogP contribution in [0.1, 0.15) is 140 Å². The number of unbranched alkanes of at least 4 members (excludes halogenated alkanes) is 4. The maximum absolute atomic E-state index is 13.4. The molecule has 2 aliphatic carbocycles. The van der Waals surface area contributed by atoms with Crippen molar-refractivity contribution in [2.24, 2.45) is 11.8 Å². The van der Waals surface area contributed by atoms with E-state index in [1.807, 2.05) is 24.3 Å². The Hall–Kier alpha value is -3.40. The molecule has 0 bridgehead atoms. The van der Waals surface area contributed by atoms with Crippen LogP contribution in [0.25, 0.3) is 22.3 Å². The van der Waals surface area contributed by atoms with E-state index in [2.05, 4.69) is 38.1 Å². The highest BCUT2D eigenvalue weighted by Gasteiger charge is 2.23. The number of hydrogen-bond donors (Lipinski definition) is 0. The van der Waals surface area contributed by atoms with E-state index in [0.717, 1.165) is 34.1 Å². The first-order valence-electron chi connectivity index (χ1n) is 19.4. The molecule has 4 aromatic rings. The Kier molecular flexibility index (Phi) is 14.6. The molecule has 0 N–H and O–H groups in total. The quantitative estimate of drug-likeness (QED) is 0.103. The Morgan fingerprint density at radius 1 is 0.400 bits per heavy atom. The molecule has 50 heavy (non-hydrogen) atoms. The Morgan fingerprint density at radius 3 is 1.06 bits per heavy atom. The molecule has 6 rings (SSSR count). The van der Waals surface area contributed by atoms with Crippen LogP contribution in [0.2, 0.25) is 0 Å². The van der Waals surface area contributed by atoms with Gasteiger partial charge in [0.25, 0.3) is 0 Å². The molecule has 0 atom stereocenters. The van der Waals surface area contributed by atoms with Crippen LogP contribution in [0.5, 0.6) is 0 Å². The van der Waals surface area contributed by atoms with Gasteiger partial charge in [-0.2, -0.15) is 0 Å². The molecule has 0 aromatic heterocycles. The zero-order valence-corrected chi connectivity index (χ0v) is 30.2. The smallest absolute Gasteiger partial charge is 0.159 e. The van der Waals surface area contributed by atoms with Gasteiger partial charge in [-0.1, -0.05) is 126 Å². The molecule has 0 aliphatic heterocycles. The first-order valence-corrected chi connectivity index (χ1v) is 19.4. The van der Waals surface area contributed by atoms with Gasteiger partial charge >= 0.3 is 0 Å². The van der Waals surface area contributed by atoms with E-state index in [1.165, 1.54) is 138 Å². The van der Waals surface area contributed by atoms with Crippen LogP contribution in [-0.2, 0) is 0 Å². The Bertz CT molecular complexity index is 1450. The van der Waals surface area contributed by atoms with Crippen molar-refractivity contribution in [3.8, 4) is 22.3 Å². The van der Waals surface area contributed by atoms with Gasteiger partial charge in [0.2, 0.25) is 0 Å². The zero-order valence-electron chi connectivity index (χ0n) is 30.2. The standard InChI is InChI=1S/2C23H28F2/c2*1-2-3-4-5-17-6-8-18(9-7-17)19-10-12-20(13-11-19)21-14-15-22(24)23(25)16-21/h2*10-18H,2-9H2,1H3. The van der Waals surface area contributed by atoms with E-state index < -0.39 is 23.3 Å². The lowest BCUT2D eigenvalue weighted by Gasteiger charge is -2.29. The molecular weight excluding hydrogens is 628 g/mol. The molecule has 0 nitrogen and oxygen atoms in total. The van der Waals surface area contributed by atoms with Crippen molar-refractivity contribution in [1.82, 2.24) is 0 Å². The first-order chi connectivity index (χ1) is 24.3. The van der Waals surface area contributed by atoms with Gasteiger partial charge in [0.1, 0.15) is 0 Å². The van der Waals surface area contributed by atoms with Crippen LogP contribution in [-0.4, -0.2) is 0 Å². The third-order valence-corrected chi connectivity index (χ3v) is 11.4. The van der Waals surface area contributed by atoms with E-state index in [0.29, 0.717) is 11.8 Å². The van der Waals surface area contributed by atoms with Crippen molar-refractivity contribution in [1.29, 1.82) is 0 Å². The Morgan fingerprint density at radius 2 is 0.740 bits per heavy atom. The second-order valence-electron chi connectivity index (χ2n) is 14.9. The number of hydrogen-bond acceptors (Lipinski definition) is 0. The fraction of sp³-hybridized carbons (Fsp3) is 0.478. The van der Waals surface area contributed by atoms with Crippen molar-refractivity contribution in [2.45, 2.75) is 128 Å². The lowest BCUT2D eigenvalue weighted by Crippen LogP contribution is -2.13. The Labute approximate surface area is 298 Å². The molecule has 2 fully saturated rings. The van der Waals surface area contributed by atoms with Gasteiger partial charge in [0.05, 0.1) is 0 Å². The van der Waals surface area contributed by atoms with Crippen molar-refractivity contribution >= 4 is 0 Å². The topological polar surface area (TPSA) is 0 Å². The summed E-state index contributed by atoms with van der Waals surface area (Å²) in [4.78, 5) is 0. The first kappa shape index (κ1) is 37.8. The summed E-state index contributed by atoms with van der Waals surface area (Å²) in [7, 11) is 0. The van der Waals surface area contributed by atoms with E-state index in [4.69, 9.17) is 0 Å². The molecule has 2 saturated carbocycles. The third kappa shape index (κ3) is 10.8. The van der Waals surface area contributed by atoms with Crippen LogP contribution in [0.4, 0.5) is 17.6 Å². The second-order valence-corrected chi connectivity index (χ2v) is 14.9. The summed E-state index contributed by atoms with van der Waals surface area (Å²) >= 11 is 0. The minimum absolute atomic E-state index is 0.654. The van der Waals surface area contributed by atoms with Gasteiger partial charge in [-0.15, -0.1) is 0 Å². The van der Waals surface area contributed by atoms with Crippen LogP contribution in [0.3, 0.4) is 0 Å². The predicted octanol–water partition coefficient (Wildman–Crippen LogP) is 15.0. The highest BCUT2D eigenvalue weighted by atomic mass is 19.2. The largest absolute Gasteiger partial charge is 0.204 e. The average Bonchev–Trinajstić information content (AvgIpc) is 3.15. The maximum Gasteiger partial charge on any atom is 0.159 e. The molecule has 0 unspecified atom stereocenters. The number of rotatable bonds is 12. The summed E-state index contributed by atoms with van der Waals surface area (Å²) < 4.78 is 53.0. The van der Waals surface area contributed by atoms with Gasteiger partial charge in [-0.25, -0.2) is 17.6 Å². The molecule has 268 valence electrons. The average molecular weight is 685 g/mol. The van der Waals surface area contributed by atoms with Gasteiger partial charge in [-0.05, 0) is 133 Å². The number of benzene rings is 4. The van der Waals surface area contributed by atoms with E-state index in [1.54, 1.807) is 12.1 Å². The second kappa shape index (κ2) is 19.3. The van der Waals surface area contributed by atoms with Crippen LogP contribution >= 0.6 is 0 Å². The van der Waals surface area contributed by atoms with Crippen molar-refractivity contribution in [2.75, 3.05) is 0 Å². The lowest BCUT2D eigenvalue weighted by molar-refractivity contribution is 0.303. The third-order valence-electron chi connectivity index (χ3n) is 11.4. The minimum Gasteiger partial charge on any atom is -0.204 e. The fourth-order valence-electron chi connectivity index (χ4n) is 8.18. The number of halogens is 4. The summed E-state index contributed by atoms with van der Waals surface area (Å²) in [5, 5.41) is 0. The monoisotopic (exact) mass is 684 g/mol. The molecule has 0 saturated heterocycles. The van der Waals surface area contributed by atoms with Gasteiger partial charge in [-0.3, -0.25) is 0 Å². The zero-order chi connectivity index (χ0) is 35.3. The van der Waals surface area contributed by atoms with Crippen LogP contribution in [0.15, 0.2) is 84.9 Å². The fourth-order valence-corrected chi connectivity index (χ4v) is 8.18. The van der Waals surface area contributed by atoms with Crippen LogP contribution in [0, 0.1) is 35.1 Å². The van der Waals surface area contributed by atoms with Gasteiger partial charge in [0.15, 0.2) is 23.3 Å². The molecule has 0 amide bonds. The summed E-state index contributed by atoms with van der Waals surface area (Å²) in [6, 6.07) is 25.0. The molecule has 0 spiro atoms. The van der Waals surface area contributed by atoms with Crippen molar-refractivity contribution in [3.63, 3.8) is 0 Å². The Balaban J connectivity index is 0.000000194. The van der Waals surface area contributed by atoms with Crippen LogP contribution < -0.4 is 0 Å². The normalized spacial score (nSPS) is 20.6. The molecule has 2 aliphatic rings. The van der Waals surface area contributed by atoms with Gasteiger partial charge in [0, 0.05) is 0 Å². The summed E-state index contributed by atoms with van der Waals surface area (Å²) in [5.74, 6) is -0.0190. The predicted molar refractivity (Wildman–Crippen MR) is 201 cm³/mol. The lowest BCUT2D eigenvalue weighted by atomic mass is 9.77. The van der Waals surface area contributed by atoms with E-state index in [9.17, 15) is 17.6 Å². The molecule has 0 radical (unpaired) electrons. The SMILES string of the molecule is CCCCCC1CCC(c2ccc(-c3ccc(F)c(F)c3)cc2)CC1.CCCCCC1CCC(c2ccc(-c3ccc(F)c(F)c3)cc2)CC1. The molecule has 4 aromatic carbocycles.